The predicted molar refractivity (Wildman–Crippen MR) is 87.7 cm³/mol. The first-order valence-electron chi connectivity index (χ1n) is 7.81. The molecule has 2 aromatic carbocycles. The zero-order chi connectivity index (χ0) is 14.7. The van der Waals surface area contributed by atoms with Crippen molar-refractivity contribution < 1.29 is 4.74 Å². The van der Waals surface area contributed by atoms with E-state index in [1.807, 2.05) is 0 Å². The van der Waals surface area contributed by atoms with Crippen LogP contribution in [0.25, 0.3) is 11.1 Å². The maximum Gasteiger partial charge on any atom is 0.122 e. The van der Waals surface area contributed by atoms with Crippen molar-refractivity contribution in [3.05, 3.63) is 53.6 Å². The monoisotopic (exact) mass is 281 g/mol. The summed E-state index contributed by atoms with van der Waals surface area (Å²) in [5.41, 5.74) is 5.30. The second-order valence-corrected chi connectivity index (χ2v) is 5.97. The number of hydrogen-bond acceptors (Lipinski definition) is 2. The van der Waals surface area contributed by atoms with Gasteiger partial charge < -0.3 is 10.1 Å². The molecule has 2 nitrogen and oxygen atoms in total. The van der Waals surface area contributed by atoms with Crippen LogP contribution < -0.4 is 10.1 Å². The van der Waals surface area contributed by atoms with Crippen molar-refractivity contribution in [2.24, 2.45) is 0 Å². The van der Waals surface area contributed by atoms with Gasteiger partial charge in [0.2, 0.25) is 0 Å². The zero-order valence-corrected chi connectivity index (χ0v) is 12.9. The van der Waals surface area contributed by atoms with Crippen LogP contribution in [0.3, 0.4) is 0 Å². The number of aryl methyl sites for hydroxylation is 1. The topological polar surface area (TPSA) is 21.3 Å². The number of hydrogen-bond donors (Lipinski definition) is 1. The summed E-state index contributed by atoms with van der Waals surface area (Å²) >= 11 is 0. The van der Waals surface area contributed by atoms with Crippen molar-refractivity contribution >= 4 is 0 Å². The first kappa shape index (κ1) is 14.2. The van der Waals surface area contributed by atoms with E-state index in [2.05, 4.69) is 61.6 Å². The summed E-state index contributed by atoms with van der Waals surface area (Å²) in [7, 11) is 0. The molecule has 0 unspecified atom stereocenters. The van der Waals surface area contributed by atoms with Gasteiger partial charge >= 0.3 is 0 Å². The van der Waals surface area contributed by atoms with Crippen molar-refractivity contribution in [3.63, 3.8) is 0 Å². The van der Waals surface area contributed by atoms with Gasteiger partial charge in [-0.3, -0.25) is 0 Å². The van der Waals surface area contributed by atoms with Crippen LogP contribution in [0.4, 0.5) is 0 Å². The molecule has 110 valence electrons. The van der Waals surface area contributed by atoms with E-state index in [1.165, 1.54) is 22.3 Å². The Kier molecular flexibility index (Phi) is 4.26. The second kappa shape index (κ2) is 6.31. The summed E-state index contributed by atoms with van der Waals surface area (Å²) in [6.07, 6.45) is 2.24. The van der Waals surface area contributed by atoms with Gasteiger partial charge in [-0.15, -0.1) is 0 Å². The molecule has 1 aliphatic rings. The SMILES string of the molecule is CC(C)NCc1ccccc1-c1ccc2c(c1)CCCO2. The molecule has 0 aromatic heterocycles. The number of benzene rings is 2. The Morgan fingerprint density at radius 2 is 2.00 bits per heavy atom. The molecule has 3 rings (SSSR count). The van der Waals surface area contributed by atoms with E-state index in [9.17, 15) is 0 Å². The highest BCUT2D eigenvalue weighted by Gasteiger charge is 2.12. The van der Waals surface area contributed by atoms with E-state index < -0.39 is 0 Å². The fraction of sp³-hybridized carbons (Fsp3) is 0.368. The Balaban J connectivity index is 1.92. The predicted octanol–water partition coefficient (Wildman–Crippen LogP) is 4.18. The molecular formula is C19H23NO. The maximum absolute atomic E-state index is 5.71. The van der Waals surface area contributed by atoms with Gasteiger partial charge in [0.15, 0.2) is 0 Å². The van der Waals surface area contributed by atoms with E-state index in [-0.39, 0.29) is 0 Å². The molecule has 0 saturated carbocycles. The van der Waals surface area contributed by atoms with E-state index >= 15 is 0 Å². The molecule has 0 fully saturated rings. The van der Waals surface area contributed by atoms with Crippen LogP contribution in [-0.2, 0) is 13.0 Å². The third kappa shape index (κ3) is 3.27. The molecule has 2 aromatic rings. The van der Waals surface area contributed by atoms with Gasteiger partial charge in [-0.1, -0.05) is 44.2 Å². The van der Waals surface area contributed by atoms with Gasteiger partial charge in [-0.2, -0.15) is 0 Å². The average molecular weight is 281 g/mol. The summed E-state index contributed by atoms with van der Waals surface area (Å²) in [4.78, 5) is 0. The minimum Gasteiger partial charge on any atom is -0.493 e. The summed E-state index contributed by atoms with van der Waals surface area (Å²) in [5, 5.41) is 3.51. The number of nitrogens with one attached hydrogen (secondary N) is 1. The molecule has 1 aliphatic heterocycles. The summed E-state index contributed by atoms with van der Waals surface area (Å²) in [6.45, 7) is 6.11. The van der Waals surface area contributed by atoms with Crippen molar-refractivity contribution in [1.29, 1.82) is 0 Å². The highest BCUT2D eigenvalue weighted by atomic mass is 16.5. The number of rotatable bonds is 4. The molecule has 21 heavy (non-hydrogen) atoms. The summed E-state index contributed by atoms with van der Waals surface area (Å²) in [5.74, 6) is 1.06. The van der Waals surface area contributed by atoms with Crippen LogP contribution in [0.2, 0.25) is 0 Å². The van der Waals surface area contributed by atoms with Crippen LogP contribution in [0, 0.1) is 0 Å². The summed E-state index contributed by atoms with van der Waals surface area (Å²) in [6, 6.07) is 15.7. The van der Waals surface area contributed by atoms with Gasteiger partial charge in [-0.25, -0.2) is 0 Å². The molecule has 0 radical (unpaired) electrons. The van der Waals surface area contributed by atoms with Crippen LogP contribution in [0.1, 0.15) is 31.4 Å². The molecule has 2 heteroatoms. The molecule has 1 N–H and O–H groups in total. The van der Waals surface area contributed by atoms with Gasteiger partial charge in [0.1, 0.15) is 5.75 Å². The Bertz CT molecular complexity index is 619. The quantitative estimate of drug-likeness (QED) is 0.908. The average Bonchev–Trinajstić information content (AvgIpc) is 2.52. The standard InChI is InChI=1S/C19H23NO/c1-14(2)20-13-17-6-3-4-8-18(17)15-9-10-19-16(12-15)7-5-11-21-19/h3-4,6,8-10,12,14,20H,5,7,11,13H2,1-2H3. The van der Waals surface area contributed by atoms with Crippen LogP contribution in [-0.4, -0.2) is 12.6 Å². The third-order valence-electron chi connectivity index (χ3n) is 3.94. The highest BCUT2D eigenvalue weighted by molar-refractivity contribution is 5.69. The molecule has 0 spiro atoms. The molecule has 0 atom stereocenters. The van der Waals surface area contributed by atoms with E-state index in [0.29, 0.717) is 6.04 Å². The lowest BCUT2D eigenvalue weighted by molar-refractivity contribution is 0.288. The van der Waals surface area contributed by atoms with Crippen molar-refractivity contribution in [3.8, 4) is 16.9 Å². The highest BCUT2D eigenvalue weighted by Crippen LogP contribution is 2.31. The Labute approximate surface area is 127 Å². The Morgan fingerprint density at radius 1 is 1.14 bits per heavy atom. The van der Waals surface area contributed by atoms with Crippen LogP contribution in [0.5, 0.6) is 5.75 Å². The van der Waals surface area contributed by atoms with E-state index in [4.69, 9.17) is 4.74 Å². The summed E-state index contributed by atoms with van der Waals surface area (Å²) < 4.78 is 5.71. The number of fused-ring (bicyclic) bond motifs is 1. The van der Waals surface area contributed by atoms with Crippen LogP contribution in [0.15, 0.2) is 42.5 Å². The van der Waals surface area contributed by atoms with Gasteiger partial charge in [0, 0.05) is 12.6 Å². The van der Waals surface area contributed by atoms with E-state index in [0.717, 1.165) is 31.7 Å². The van der Waals surface area contributed by atoms with Crippen molar-refractivity contribution in [2.75, 3.05) is 6.61 Å². The largest absolute Gasteiger partial charge is 0.493 e. The zero-order valence-electron chi connectivity index (χ0n) is 12.9. The lowest BCUT2D eigenvalue weighted by Gasteiger charge is -2.19. The Morgan fingerprint density at radius 3 is 2.86 bits per heavy atom. The fourth-order valence-electron chi connectivity index (χ4n) is 2.80. The second-order valence-electron chi connectivity index (χ2n) is 5.97. The smallest absolute Gasteiger partial charge is 0.122 e. The molecular weight excluding hydrogens is 258 g/mol. The number of ether oxygens (including phenoxy) is 1. The lowest BCUT2D eigenvalue weighted by atomic mass is 9.95. The molecule has 1 heterocycles. The minimum absolute atomic E-state index is 0.495. The first-order chi connectivity index (χ1) is 10.2. The molecule has 0 amide bonds. The van der Waals surface area contributed by atoms with Crippen molar-refractivity contribution in [1.82, 2.24) is 5.32 Å². The fourth-order valence-corrected chi connectivity index (χ4v) is 2.80. The first-order valence-corrected chi connectivity index (χ1v) is 7.81. The normalized spacial score (nSPS) is 13.9. The van der Waals surface area contributed by atoms with Crippen LogP contribution >= 0.6 is 0 Å². The Hall–Kier alpha value is -1.80. The molecule has 0 bridgehead atoms. The van der Waals surface area contributed by atoms with E-state index in [1.54, 1.807) is 0 Å². The minimum atomic E-state index is 0.495. The maximum atomic E-state index is 5.71. The molecule has 0 aliphatic carbocycles. The van der Waals surface area contributed by atoms with Crippen molar-refractivity contribution in [2.45, 2.75) is 39.3 Å². The van der Waals surface area contributed by atoms with Gasteiger partial charge in [0.25, 0.3) is 0 Å². The third-order valence-corrected chi connectivity index (χ3v) is 3.94. The van der Waals surface area contributed by atoms with Gasteiger partial charge in [-0.05, 0) is 47.2 Å². The molecule has 0 saturated heterocycles. The lowest BCUT2D eigenvalue weighted by Crippen LogP contribution is -2.22. The van der Waals surface area contributed by atoms with Gasteiger partial charge in [0.05, 0.1) is 6.61 Å².